The molecule has 1 aliphatic rings. The van der Waals surface area contributed by atoms with E-state index in [-0.39, 0.29) is 23.9 Å². The van der Waals surface area contributed by atoms with Gasteiger partial charge in [-0.05, 0) is 29.8 Å². The van der Waals surface area contributed by atoms with E-state index in [4.69, 9.17) is 0 Å². The predicted octanol–water partition coefficient (Wildman–Crippen LogP) is 6.17. The third kappa shape index (κ3) is 7.18. The SMILES string of the molecule is C[Si](C)(C)C(C1CCCCN1C([Si](C)(C)C)[Si](C)(C)C)[Si](C)(C)C.[Sn]. The van der Waals surface area contributed by atoms with Crippen molar-refractivity contribution < 1.29 is 0 Å². The summed E-state index contributed by atoms with van der Waals surface area (Å²) in [7, 11) is -4.72. The Morgan fingerprint density at radius 1 is 0.640 bits per heavy atom. The van der Waals surface area contributed by atoms with Gasteiger partial charge in [-0.2, -0.15) is 0 Å². The van der Waals surface area contributed by atoms with Gasteiger partial charge in [0.1, 0.15) is 0 Å². The average molecular weight is 521 g/mol. The molecule has 0 amide bonds. The molecule has 1 saturated heterocycles. The molecule has 0 aromatic carbocycles. The van der Waals surface area contributed by atoms with Crippen molar-refractivity contribution in [3.63, 3.8) is 0 Å². The van der Waals surface area contributed by atoms with E-state index in [1.807, 2.05) is 0 Å². The van der Waals surface area contributed by atoms with Gasteiger partial charge < -0.3 is 4.90 Å². The normalized spacial score (nSPS) is 21.6. The topological polar surface area (TPSA) is 3.24 Å². The third-order valence-corrected chi connectivity index (χ3v) is 24.7. The van der Waals surface area contributed by atoms with E-state index >= 15 is 0 Å². The van der Waals surface area contributed by atoms with Crippen molar-refractivity contribution in [2.24, 2.45) is 0 Å². The Hall–Kier alpha value is 1.63. The molecule has 1 nitrogen and oxygen atoms in total. The summed E-state index contributed by atoms with van der Waals surface area (Å²) in [5, 5.41) is 1.96. The third-order valence-electron chi connectivity index (χ3n) is 5.82. The van der Waals surface area contributed by atoms with E-state index in [2.05, 4.69) is 83.5 Å². The minimum absolute atomic E-state index is 0. The number of nitrogens with zero attached hydrogens (tertiary/aromatic N) is 1. The Kier molecular flexibility index (Phi) is 9.55. The molecule has 148 valence electrons. The maximum atomic E-state index is 3.13. The molecule has 0 aliphatic carbocycles. The Morgan fingerprint density at radius 2 is 1.04 bits per heavy atom. The molecule has 4 radical (unpaired) electrons. The standard InChI is InChI=1S/C19H47NSi4.Sn/c1-21(2,3)18(22(4,5)6)17-15-13-14-16-20(17)19(23(7,8)9)24(10,11)12;/h17-19H,13-16H2,1-12H3;. The van der Waals surface area contributed by atoms with Gasteiger partial charge in [0, 0.05) is 46.1 Å². The number of piperidine rings is 1. The summed E-state index contributed by atoms with van der Waals surface area (Å²) in [5.41, 5.74) is 0. The van der Waals surface area contributed by atoms with Crippen molar-refractivity contribution in [2.75, 3.05) is 6.54 Å². The fraction of sp³-hybridized carbons (Fsp3) is 1.00. The van der Waals surface area contributed by atoms with E-state index in [1.165, 1.54) is 25.8 Å². The van der Waals surface area contributed by atoms with Gasteiger partial charge >= 0.3 is 0 Å². The minimum Gasteiger partial charge on any atom is -0.303 e. The van der Waals surface area contributed by atoms with E-state index in [9.17, 15) is 0 Å². The number of likely N-dealkylation sites (tertiary alicyclic amines) is 1. The number of hydrogen-bond acceptors (Lipinski definition) is 1. The van der Waals surface area contributed by atoms with Gasteiger partial charge in [0.25, 0.3) is 0 Å². The molecule has 1 unspecified atom stereocenters. The Balaban J connectivity index is 0.00000576. The second-order valence-electron chi connectivity index (χ2n) is 12.6. The molecule has 0 saturated carbocycles. The van der Waals surface area contributed by atoms with Crippen molar-refractivity contribution in [1.82, 2.24) is 4.90 Å². The van der Waals surface area contributed by atoms with Crippen LogP contribution in [0.2, 0.25) is 83.7 Å². The fourth-order valence-electron chi connectivity index (χ4n) is 6.41. The van der Waals surface area contributed by atoms with Crippen molar-refractivity contribution in [2.45, 2.75) is 114 Å². The van der Waals surface area contributed by atoms with E-state index < -0.39 is 32.3 Å². The fourth-order valence-corrected chi connectivity index (χ4v) is 32.8. The summed E-state index contributed by atoms with van der Waals surface area (Å²) >= 11 is 0. The van der Waals surface area contributed by atoms with Gasteiger partial charge in [-0.15, -0.1) is 0 Å². The van der Waals surface area contributed by atoms with Crippen LogP contribution in [0.1, 0.15) is 19.3 Å². The molecule has 0 spiro atoms. The van der Waals surface area contributed by atoms with Crippen LogP contribution in [0.3, 0.4) is 0 Å². The van der Waals surface area contributed by atoms with Gasteiger partial charge in [-0.3, -0.25) is 0 Å². The van der Waals surface area contributed by atoms with Crippen LogP contribution in [-0.2, 0) is 0 Å². The maximum absolute atomic E-state index is 3.13. The van der Waals surface area contributed by atoms with Crippen LogP contribution in [0.4, 0.5) is 0 Å². The monoisotopic (exact) mass is 521 g/mol. The zero-order valence-corrected chi connectivity index (χ0v) is 26.4. The van der Waals surface area contributed by atoms with Crippen molar-refractivity contribution in [3.05, 3.63) is 0 Å². The molecular formula is C19H47NSi4Sn. The molecule has 0 N–H and O–H groups in total. The number of hydrogen-bond donors (Lipinski definition) is 0. The quantitative estimate of drug-likeness (QED) is 0.379. The summed E-state index contributed by atoms with van der Waals surface area (Å²) in [6.45, 7) is 33.1. The van der Waals surface area contributed by atoms with E-state index in [0.29, 0.717) is 0 Å². The van der Waals surface area contributed by atoms with Crippen molar-refractivity contribution in [3.8, 4) is 0 Å². The van der Waals surface area contributed by atoms with Gasteiger partial charge in [0.05, 0.1) is 16.1 Å². The summed E-state index contributed by atoms with van der Waals surface area (Å²) in [5.74, 6) is 0. The Labute approximate surface area is 181 Å². The molecule has 0 aromatic rings. The zero-order valence-electron chi connectivity index (χ0n) is 19.5. The largest absolute Gasteiger partial charge is 0.303 e. The predicted molar refractivity (Wildman–Crippen MR) is 131 cm³/mol. The first-order valence-corrected chi connectivity index (χ1v) is 24.5. The van der Waals surface area contributed by atoms with Gasteiger partial charge in [0.15, 0.2) is 0 Å². The van der Waals surface area contributed by atoms with Crippen molar-refractivity contribution in [1.29, 1.82) is 0 Å². The summed E-state index contributed by atoms with van der Waals surface area (Å²) in [4.78, 5) is 3.13. The van der Waals surface area contributed by atoms with E-state index in [1.54, 1.807) is 0 Å². The maximum Gasteiger partial charge on any atom is 0.0603 e. The first-order chi connectivity index (χ1) is 10.5. The Bertz CT molecular complexity index is 347. The van der Waals surface area contributed by atoms with Crippen LogP contribution in [0.15, 0.2) is 0 Å². The first kappa shape index (κ1) is 26.6. The van der Waals surface area contributed by atoms with Gasteiger partial charge in [0.2, 0.25) is 0 Å². The van der Waals surface area contributed by atoms with Crippen LogP contribution in [0.25, 0.3) is 0 Å². The Morgan fingerprint density at radius 3 is 1.36 bits per heavy atom. The smallest absolute Gasteiger partial charge is 0.0603 e. The summed E-state index contributed by atoms with van der Waals surface area (Å²) in [6.07, 6.45) is 4.38. The summed E-state index contributed by atoms with van der Waals surface area (Å²) < 4.78 is 0. The van der Waals surface area contributed by atoms with Gasteiger partial charge in [-0.1, -0.05) is 85.0 Å². The van der Waals surface area contributed by atoms with Crippen molar-refractivity contribution >= 4 is 56.2 Å². The summed E-state index contributed by atoms with van der Waals surface area (Å²) in [6, 6.07) is 0.889. The van der Waals surface area contributed by atoms with Crippen LogP contribution in [0.5, 0.6) is 0 Å². The van der Waals surface area contributed by atoms with Gasteiger partial charge in [-0.25, -0.2) is 0 Å². The molecule has 1 aliphatic heterocycles. The van der Waals surface area contributed by atoms with Crippen LogP contribution in [0, 0.1) is 0 Å². The minimum atomic E-state index is -1.20. The molecule has 1 fully saturated rings. The second-order valence-corrected chi connectivity index (χ2v) is 35.1. The molecule has 0 aromatic heterocycles. The van der Waals surface area contributed by atoms with Crippen LogP contribution < -0.4 is 0 Å². The first-order valence-electron chi connectivity index (χ1n) is 10.2. The molecule has 25 heavy (non-hydrogen) atoms. The molecule has 1 rings (SSSR count). The van der Waals surface area contributed by atoms with Crippen LogP contribution >= 0.6 is 0 Å². The van der Waals surface area contributed by atoms with E-state index in [0.717, 1.165) is 16.5 Å². The second kappa shape index (κ2) is 8.97. The molecule has 0 bridgehead atoms. The van der Waals surface area contributed by atoms with Crippen LogP contribution in [-0.4, -0.2) is 79.0 Å². The molecule has 6 heteroatoms. The molecule has 1 atom stereocenters. The zero-order chi connectivity index (χ0) is 19.1. The molecular weight excluding hydrogens is 473 g/mol. The average Bonchev–Trinajstić information content (AvgIpc) is 2.23. The molecule has 1 heterocycles. The number of rotatable bonds is 6.